The summed E-state index contributed by atoms with van der Waals surface area (Å²) < 4.78 is 11.0. The Hall–Kier alpha value is -1.65. The van der Waals surface area contributed by atoms with Gasteiger partial charge >= 0.3 is 5.97 Å². The molecule has 0 unspecified atom stereocenters. The van der Waals surface area contributed by atoms with Crippen molar-refractivity contribution in [3.63, 3.8) is 0 Å². The van der Waals surface area contributed by atoms with Crippen LogP contribution in [0.25, 0.3) is 0 Å². The number of hydrogen-bond acceptors (Lipinski definition) is 4. The van der Waals surface area contributed by atoms with Crippen molar-refractivity contribution in [2.75, 3.05) is 11.9 Å². The molecular weight excluding hydrogens is 210 g/mol. The van der Waals surface area contributed by atoms with E-state index in [1.807, 2.05) is 0 Å². The van der Waals surface area contributed by atoms with Gasteiger partial charge in [-0.1, -0.05) is 0 Å². The first kappa shape index (κ1) is 9.57. The van der Waals surface area contributed by atoms with Gasteiger partial charge in [0.05, 0.1) is 6.54 Å². The summed E-state index contributed by atoms with van der Waals surface area (Å²) in [6.45, 7) is 0.701. The van der Waals surface area contributed by atoms with E-state index in [9.17, 15) is 4.79 Å². The van der Waals surface area contributed by atoms with Crippen molar-refractivity contribution in [3.05, 3.63) is 11.8 Å². The standard InChI is InChI=1S/C11H13NO4/c13-10(14)8-5-7-9(15-8)12-6-11(16-7)3-1-2-4-11/h5,12H,1-4,6H2,(H,13,14). The molecule has 1 saturated carbocycles. The van der Waals surface area contributed by atoms with Gasteiger partial charge in [-0.05, 0) is 25.7 Å². The summed E-state index contributed by atoms with van der Waals surface area (Å²) in [4.78, 5) is 10.8. The highest BCUT2D eigenvalue weighted by atomic mass is 16.5. The molecule has 16 heavy (non-hydrogen) atoms. The zero-order chi connectivity index (χ0) is 11.2. The number of carboxylic acid groups (broad SMARTS) is 1. The van der Waals surface area contributed by atoms with Crippen LogP contribution in [0.1, 0.15) is 36.2 Å². The third-order valence-corrected chi connectivity index (χ3v) is 3.32. The average molecular weight is 223 g/mol. The molecule has 0 saturated heterocycles. The summed E-state index contributed by atoms with van der Waals surface area (Å²) in [6, 6.07) is 1.45. The van der Waals surface area contributed by atoms with Crippen molar-refractivity contribution >= 4 is 11.9 Å². The van der Waals surface area contributed by atoms with Gasteiger partial charge in [0.1, 0.15) is 5.60 Å². The van der Waals surface area contributed by atoms with Gasteiger partial charge in [-0.2, -0.15) is 0 Å². The molecular formula is C11H13NO4. The lowest BCUT2D eigenvalue weighted by atomic mass is 10.0. The van der Waals surface area contributed by atoms with Crippen LogP contribution < -0.4 is 10.1 Å². The van der Waals surface area contributed by atoms with E-state index >= 15 is 0 Å². The Labute approximate surface area is 92.4 Å². The van der Waals surface area contributed by atoms with Crippen LogP contribution in [-0.2, 0) is 0 Å². The third kappa shape index (κ3) is 1.35. The number of ether oxygens (including phenoxy) is 1. The fraction of sp³-hybridized carbons (Fsp3) is 0.545. The molecule has 0 bridgehead atoms. The van der Waals surface area contributed by atoms with Crippen LogP contribution in [0.2, 0.25) is 0 Å². The summed E-state index contributed by atoms with van der Waals surface area (Å²) in [5, 5.41) is 11.9. The van der Waals surface area contributed by atoms with E-state index in [2.05, 4.69) is 5.32 Å². The maximum Gasteiger partial charge on any atom is 0.372 e. The van der Waals surface area contributed by atoms with Crippen LogP contribution in [0, 0.1) is 0 Å². The lowest BCUT2D eigenvalue weighted by Crippen LogP contribution is -2.42. The molecule has 2 N–H and O–H groups in total. The summed E-state index contributed by atoms with van der Waals surface area (Å²) >= 11 is 0. The van der Waals surface area contributed by atoms with Gasteiger partial charge in [-0.3, -0.25) is 0 Å². The van der Waals surface area contributed by atoms with Crippen molar-refractivity contribution in [2.24, 2.45) is 0 Å². The average Bonchev–Trinajstić information content (AvgIpc) is 2.85. The number of anilines is 1. The summed E-state index contributed by atoms with van der Waals surface area (Å²) in [5.41, 5.74) is -0.146. The molecule has 0 aromatic carbocycles. The van der Waals surface area contributed by atoms with Crippen LogP contribution in [-0.4, -0.2) is 23.2 Å². The Balaban J connectivity index is 1.91. The first-order chi connectivity index (χ1) is 7.69. The fourth-order valence-electron chi connectivity index (χ4n) is 2.49. The van der Waals surface area contributed by atoms with Crippen molar-refractivity contribution in [1.29, 1.82) is 0 Å². The highest BCUT2D eigenvalue weighted by Gasteiger charge is 2.40. The van der Waals surface area contributed by atoms with Gasteiger partial charge in [0.25, 0.3) is 0 Å². The van der Waals surface area contributed by atoms with Gasteiger partial charge in [0, 0.05) is 6.07 Å². The monoisotopic (exact) mass is 223 g/mol. The van der Waals surface area contributed by atoms with Gasteiger partial charge in [-0.25, -0.2) is 4.79 Å². The third-order valence-electron chi connectivity index (χ3n) is 3.32. The second-order valence-corrected chi connectivity index (χ2v) is 4.45. The molecule has 0 amide bonds. The van der Waals surface area contributed by atoms with E-state index in [4.69, 9.17) is 14.3 Å². The first-order valence-corrected chi connectivity index (χ1v) is 5.49. The summed E-state index contributed by atoms with van der Waals surface area (Å²) in [7, 11) is 0. The molecule has 5 nitrogen and oxygen atoms in total. The number of rotatable bonds is 1. The van der Waals surface area contributed by atoms with E-state index in [-0.39, 0.29) is 11.4 Å². The van der Waals surface area contributed by atoms with E-state index in [0.29, 0.717) is 18.2 Å². The Morgan fingerprint density at radius 3 is 2.88 bits per heavy atom. The van der Waals surface area contributed by atoms with E-state index < -0.39 is 5.97 Å². The molecule has 2 aliphatic rings. The summed E-state index contributed by atoms with van der Waals surface area (Å²) in [6.07, 6.45) is 4.38. The second kappa shape index (κ2) is 3.17. The largest absolute Gasteiger partial charge is 0.480 e. The number of carboxylic acids is 1. The molecule has 86 valence electrons. The minimum atomic E-state index is -1.07. The molecule has 1 aliphatic carbocycles. The maximum absolute atomic E-state index is 10.8. The number of aromatic carboxylic acids is 1. The lowest BCUT2D eigenvalue weighted by Gasteiger charge is -2.33. The quantitative estimate of drug-likeness (QED) is 0.762. The van der Waals surface area contributed by atoms with Gasteiger partial charge in [0.2, 0.25) is 11.6 Å². The second-order valence-electron chi connectivity index (χ2n) is 4.45. The zero-order valence-electron chi connectivity index (χ0n) is 8.78. The van der Waals surface area contributed by atoms with Gasteiger partial charge < -0.3 is 19.6 Å². The molecule has 3 rings (SSSR count). The molecule has 5 heteroatoms. The van der Waals surface area contributed by atoms with Crippen molar-refractivity contribution in [3.8, 4) is 5.75 Å². The molecule has 2 heterocycles. The molecule has 1 fully saturated rings. The number of nitrogens with one attached hydrogen (secondary N) is 1. The number of hydrogen-bond donors (Lipinski definition) is 2. The van der Waals surface area contributed by atoms with Gasteiger partial charge in [-0.15, -0.1) is 0 Å². The first-order valence-electron chi connectivity index (χ1n) is 5.49. The molecule has 1 spiro atoms. The molecule has 0 radical (unpaired) electrons. The molecule has 1 aromatic heterocycles. The van der Waals surface area contributed by atoms with Gasteiger partial charge in [0.15, 0.2) is 5.75 Å². The Kier molecular flexibility index (Phi) is 1.89. The zero-order valence-corrected chi connectivity index (χ0v) is 8.78. The van der Waals surface area contributed by atoms with Crippen molar-refractivity contribution < 1.29 is 19.1 Å². The maximum atomic E-state index is 10.8. The SMILES string of the molecule is O=C(O)c1cc2c(o1)NCC1(CCCC1)O2. The lowest BCUT2D eigenvalue weighted by molar-refractivity contribution is 0.0663. The smallest absolute Gasteiger partial charge is 0.372 e. The van der Waals surface area contributed by atoms with Crippen LogP contribution in [0.4, 0.5) is 5.88 Å². The van der Waals surface area contributed by atoms with Crippen molar-refractivity contribution in [1.82, 2.24) is 0 Å². The van der Waals surface area contributed by atoms with Crippen LogP contribution in [0.15, 0.2) is 10.5 Å². The predicted molar refractivity (Wildman–Crippen MR) is 56.0 cm³/mol. The molecule has 1 aliphatic heterocycles. The number of fused-ring (bicyclic) bond motifs is 1. The Morgan fingerprint density at radius 1 is 1.44 bits per heavy atom. The number of furan rings is 1. The number of carbonyl (C=O) groups is 1. The fourth-order valence-corrected chi connectivity index (χ4v) is 2.49. The normalized spacial score (nSPS) is 21.2. The molecule has 1 aromatic rings. The van der Waals surface area contributed by atoms with Crippen molar-refractivity contribution in [2.45, 2.75) is 31.3 Å². The summed E-state index contributed by atoms with van der Waals surface area (Å²) in [5.74, 6) is -0.173. The van der Waals surface area contributed by atoms with Crippen LogP contribution >= 0.6 is 0 Å². The van der Waals surface area contributed by atoms with Crippen LogP contribution in [0.3, 0.4) is 0 Å². The topological polar surface area (TPSA) is 71.7 Å². The van der Waals surface area contributed by atoms with E-state index in [0.717, 1.165) is 12.8 Å². The minimum absolute atomic E-state index is 0.0763. The highest BCUT2D eigenvalue weighted by molar-refractivity contribution is 5.86. The Morgan fingerprint density at radius 2 is 2.19 bits per heavy atom. The Bertz CT molecular complexity index is 431. The minimum Gasteiger partial charge on any atom is -0.480 e. The molecule has 0 atom stereocenters. The van der Waals surface area contributed by atoms with Crippen LogP contribution in [0.5, 0.6) is 5.75 Å². The predicted octanol–water partition coefficient (Wildman–Crippen LogP) is 2.09. The van der Waals surface area contributed by atoms with E-state index in [1.165, 1.54) is 18.9 Å². The highest BCUT2D eigenvalue weighted by Crippen LogP contribution is 2.42. The van der Waals surface area contributed by atoms with E-state index in [1.54, 1.807) is 0 Å².